The summed E-state index contributed by atoms with van der Waals surface area (Å²) < 4.78 is 0.958. The van der Waals surface area contributed by atoms with Gasteiger partial charge in [-0.1, -0.05) is 28.1 Å². The maximum atomic E-state index is 11.7. The first kappa shape index (κ1) is 16.7. The minimum absolute atomic E-state index is 0.0728. The van der Waals surface area contributed by atoms with Crippen molar-refractivity contribution in [3.63, 3.8) is 0 Å². The second-order valence-corrected chi connectivity index (χ2v) is 5.89. The van der Waals surface area contributed by atoms with Gasteiger partial charge in [-0.25, -0.2) is 0 Å². The number of aliphatic hydroxyl groups is 1. The number of carboxylic acid groups (broad SMARTS) is 1. The lowest BCUT2D eigenvalue weighted by molar-refractivity contribution is -0.142. The van der Waals surface area contributed by atoms with Gasteiger partial charge < -0.3 is 15.5 Å². The zero-order chi connectivity index (χ0) is 15.2. The molecule has 20 heavy (non-hydrogen) atoms. The summed E-state index contributed by atoms with van der Waals surface area (Å²) in [5.74, 6) is -1.31. The van der Waals surface area contributed by atoms with Crippen LogP contribution in [0.2, 0.25) is 0 Å². The second-order valence-electron chi connectivity index (χ2n) is 4.97. The van der Waals surface area contributed by atoms with Crippen molar-refractivity contribution in [1.82, 2.24) is 5.32 Å². The van der Waals surface area contributed by atoms with Crippen LogP contribution in [-0.4, -0.2) is 34.2 Å². The number of carbonyl (C=O) groups excluding carboxylic acids is 1. The molecule has 1 atom stereocenters. The Morgan fingerprint density at radius 3 is 2.70 bits per heavy atom. The van der Waals surface area contributed by atoms with E-state index in [1.54, 1.807) is 0 Å². The molecule has 5 nitrogen and oxygen atoms in total. The van der Waals surface area contributed by atoms with Crippen molar-refractivity contribution >= 4 is 27.8 Å². The SMILES string of the molecule is CC(O)(CNC(=O)CCc1cccc(Br)c1)CC(=O)O. The predicted octanol–water partition coefficient (Wildman–Crippen LogP) is 1.72. The number of amides is 1. The standard InChI is InChI=1S/C14H18BrNO4/c1-14(20,8-13(18)19)9-16-12(17)6-5-10-3-2-4-11(15)7-10/h2-4,7,20H,5-6,8-9H2,1H3,(H,16,17)(H,18,19). The van der Waals surface area contributed by atoms with Crippen LogP contribution in [0, 0.1) is 0 Å². The lowest BCUT2D eigenvalue weighted by atomic mass is 10.0. The van der Waals surface area contributed by atoms with E-state index < -0.39 is 18.0 Å². The highest BCUT2D eigenvalue weighted by Crippen LogP contribution is 2.13. The van der Waals surface area contributed by atoms with Crippen molar-refractivity contribution in [2.45, 2.75) is 31.8 Å². The van der Waals surface area contributed by atoms with Gasteiger partial charge in [-0.05, 0) is 31.0 Å². The Bertz CT molecular complexity index is 488. The Morgan fingerprint density at radius 1 is 1.40 bits per heavy atom. The van der Waals surface area contributed by atoms with Crippen molar-refractivity contribution in [3.05, 3.63) is 34.3 Å². The maximum Gasteiger partial charge on any atom is 0.306 e. The summed E-state index contributed by atoms with van der Waals surface area (Å²) in [4.78, 5) is 22.2. The zero-order valence-electron chi connectivity index (χ0n) is 11.2. The van der Waals surface area contributed by atoms with Crippen molar-refractivity contribution < 1.29 is 19.8 Å². The number of aliphatic carboxylic acids is 1. The molecule has 0 aromatic heterocycles. The molecule has 1 rings (SSSR count). The minimum atomic E-state index is -1.43. The molecule has 1 amide bonds. The first-order valence-corrected chi connectivity index (χ1v) is 7.03. The van der Waals surface area contributed by atoms with Gasteiger partial charge in [-0.3, -0.25) is 9.59 Å². The molecule has 0 spiro atoms. The fraction of sp³-hybridized carbons (Fsp3) is 0.429. The van der Waals surface area contributed by atoms with Gasteiger partial charge in [0.2, 0.25) is 5.91 Å². The average Bonchev–Trinajstić information content (AvgIpc) is 2.32. The van der Waals surface area contributed by atoms with E-state index in [4.69, 9.17) is 5.11 Å². The Kier molecular flexibility index (Phi) is 6.16. The fourth-order valence-corrected chi connectivity index (χ4v) is 2.16. The molecule has 0 aliphatic heterocycles. The molecule has 110 valence electrons. The first-order valence-electron chi connectivity index (χ1n) is 6.24. The molecule has 6 heteroatoms. The van der Waals surface area contributed by atoms with Gasteiger partial charge in [0.25, 0.3) is 0 Å². The van der Waals surface area contributed by atoms with Crippen LogP contribution in [0.4, 0.5) is 0 Å². The summed E-state index contributed by atoms with van der Waals surface area (Å²) in [7, 11) is 0. The Balaban J connectivity index is 2.35. The zero-order valence-corrected chi connectivity index (χ0v) is 12.8. The number of carbonyl (C=O) groups is 2. The molecule has 0 saturated heterocycles. The summed E-state index contributed by atoms with van der Waals surface area (Å²) in [6, 6.07) is 7.67. The van der Waals surface area contributed by atoms with Crippen molar-refractivity contribution in [2.75, 3.05) is 6.54 Å². The van der Waals surface area contributed by atoms with E-state index >= 15 is 0 Å². The normalized spacial score (nSPS) is 13.6. The monoisotopic (exact) mass is 343 g/mol. The van der Waals surface area contributed by atoms with Gasteiger partial charge in [-0.2, -0.15) is 0 Å². The molecule has 3 N–H and O–H groups in total. The molecule has 0 radical (unpaired) electrons. The topological polar surface area (TPSA) is 86.6 Å². The number of aryl methyl sites for hydroxylation is 1. The number of hydrogen-bond donors (Lipinski definition) is 3. The summed E-state index contributed by atoms with van der Waals surface area (Å²) in [6.45, 7) is 1.31. The quantitative estimate of drug-likeness (QED) is 0.703. The lowest BCUT2D eigenvalue weighted by Gasteiger charge is -2.21. The van der Waals surface area contributed by atoms with Crippen LogP contribution < -0.4 is 5.32 Å². The van der Waals surface area contributed by atoms with E-state index in [9.17, 15) is 14.7 Å². The van der Waals surface area contributed by atoms with Crippen LogP contribution in [0.15, 0.2) is 28.7 Å². The summed E-state index contributed by atoms with van der Waals surface area (Å²) in [5, 5.41) is 20.9. The van der Waals surface area contributed by atoms with Gasteiger partial charge in [-0.15, -0.1) is 0 Å². The highest BCUT2D eigenvalue weighted by molar-refractivity contribution is 9.10. The average molecular weight is 344 g/mol. The summed E-state index contributed by atoms with van der Waals surface area (Å²) >= 11 is 3.36. The molecule has 0 fully saturated rings. The number of carboxylic acids is 1. The molecule has 1 aromatic rings. The Morgan fingerprint density at radius 2 is 2.10 bits per heavy atom. The van der Waals surface area contributed by atoms with Gasteiger partial charge >= 0.3 is 5.97 Å². The van der Waals surface area contributed by atoms with Crippen molar-refractivity contribution in [2.24, 2.45) is 0 Å². The van der Waals surface area contributed by atoms with Gasteiger partial charge in [0.15, 0.2) is 0 Å². The van der Waals surface area contributed by atoms with Crippen LogP contribution >= 0.6 is 15.9 Å². The molecule has 0 aliphatic rings. The largest absolute Gasteiger partial charge is 0.481 e. The lowest BCUT2D eigenvalue weighted by Crippen LogP contribution is -2.42. The molecule has 0 bridgehead atoms. The summed E-state index contributed by atoms with van der Waals surface area (Å²) in [5.41, 5.74) is -0.399. The first-order chi connectivity index (χ1) is 9.28. The number of hydrogen-bond acceptors (Lipinski definition) is 3. The molecule has 1 unspecified atom stereocenters. The fourth-order valence-electron chi connectivity index (χ4n) is 1.72. The molecule has 0 aliphatic carbocycles. The van der Waals surface area contributed by atoms with Crippen molar-refractivity contribution in [1.29, 1.82) is 0 Å². The molecule has 1 aromatic carbocycles. The minimum Gasteiger partial charge on any atom is -0.481 e. The molecule has 0 saturated carbocycles. The number of nitrogens with one attached hydrogen (secondary N) is 1. The van der Waals surface area contributed by atoms with Crippen LogP contribution in [0.3, 0.4) is 0 Å². The summed E-state index contributed by atoms with van der Waals surface area (Å²) in [6.07, 6.45) is 0.477. The van der Waals surface area contributed by atoms with Crippen LogP contribution in [0.5, 0.6) is 0 Å². The van der Waals surface area contributed by atoms with E-state index in [1.807, 2.05) is 24.3 Å². The van der Waals surface area contributed by atoms with E-state index in [1.165, 1.54) is 6.92 Å². The van der Waals surface area contributed by atoms with Gasteiger partial charge in [0.05, 0.1) is 12.0 Å². The van der Waals surface area contributed by atoms with E-state index in [0.717, 1.165) is 10.0 Å². The van der Waals surface area contributed by atoms with Crippen molar-refractivity contribution in [3.8, 4) is 0 Å². The molecular weight excluding hydrogens is 326 g/mol. The van der Waals surface area contributed by atoms with E-state index in [-0.39, 0.29) is 12.5 Å². The third kappa shape index (κ3) is 6.68. The van der Waals surface area contributed by atoms with E-state index in [0.29, 0.717) is 12.8 Å². The highest BCUT2D eigenvalue weighted by atomic mass is 79.9. The molecule has 0 heterocycles. The maximum absolute atomic E-state index is 11.7. The number of rotatable bonds is 7. The van der Waals surface area contributed by atoms with E-state index in [2.05, 4.69) is 21.2 Å². The second kappa shape index (κ2) is 7.40. The van der Waals surface area contributed by atoms with Crippen LogP contribution in [0.25, 0.3) is 0 Å². The molecular formula is C14H18BrNO4. The Labute approximate surface area is 126 Å². The van der Waals surface area contributed by atoms with Gasteiger partial charge in [0.1, 0.15) is 0 Å². The highest BCUT2D eigenvalue weighted by Gasteiger charge is 2.24. The number of benzene rings is 1. The smallest absolute Gasteiger partial charge is 0.306 e. The Hall–Kier alpha value is -1.40. The predicted molar refractivity (Wildman–Crippen MR) is 78.3 cm³/mol. The third-order valence-electron chi connectivity index (χ3n) is 2.73. The van der Waals surface area contributed by atoms with Crippen LogP contribution in [-0.2, 0) is 16.0 Å². The third-order valence-corrected chi connectivity index (χ3v) is 3.22. The van der Waals surface area contributed by atoms with Crippen LogP contribution in [0.1, 0.15) is 25.3 Å². The van der Waals surface area contributed by atoms with Gasteiger partial charge in [0, 0.05) is 17.4 Å². The number of halogens is 1.